The molecule has 346 valence electrons. The van der Waals surface area contributed by atoms with Gasteiger partial charge in [0.05, 0.1) is 135 Å². The molecule has 0 bridgehead atoms. The van der Waals surface area contributed by atoms with Gasteiger partial charge in [-0.05, 0) is 126 Å². The van der Waals surface area contributed by atoms with E-state index in [0.717, 1.165) is 167 Å². The Hall–Kier alpha value is -3.82. The van der Waals surface area contributed by atoms with E-state index in [4.69, 9.17) is 18.9 Å². The van der Waals surface area contributed by atoms with Crippen LogP contribution >= 0.6 is 0 Å². The van der Waals surface area contributed by atoms with Crippen LogP contribution in [0.4, 0.5) is 0 Å². The molecule has 3 aromatic carbocycles. The molecule has 0 amide bonds. The summed E-state index contributed by atoms with van der Waals surface area (Å²) in [5, 5.41) is 0. The predicted octanol–water partition coefficient (Wildman–Crippen LogP) is 11.0. The van der Waals surface area contributed by atoms with Crippen molar-refractivity contribution in [3.63, 3.8) is 0 Å². The van der Waals surface area contributed by atoms with E-state index in [1.54, 1.807) is 0 Å². The normalized spacial score (nSPS) is 12.7. The summed E-state index contributed by atoms with van der Waals surface area (Å²) in [6, 6.07) is 21.3. The number of hydrogen-bond donors (Lipinski definition) is 0. The molecule has 3 rings (SSSR count). The highest BCUT2D eigenvalue weighted by Gasteiger charge is 2.14. The van der Waals surface area contributed by atoms with Gasteiger partial charge < -0.3 is 36.9 Å². The van der Waals surface area contributed by atoms with Crippen molar-refractivity contribution in [2.24, 2.45) is 0 Å². The van der Waals surface area contributed by atoms with Gasteiger partial charge in [-0.25, -0.2) is 0 Å². The van der Waals surface area contributed by atoms with Crippen LogP contribution in [-0.2, 0) is 0 Å². The lowest BCUT2D eigenvalue weighted by atomic mass is 10.1. The zero-order valence-corrected chi connectivity index (χ0v) is 41.6. The molecule has 0 radical (unpaired) electrons. The third kappa shape index (κ3) is 22.0. The quantitative estimate of drug-likeness (QED) is 0.0356. The lowest BCUT2D eigenvalue weighted by Gasteiger charge is -2.28. The Kier molecular flexibility index (Phi) is 22.6. The smallest absolute Gasteiger partial charge is 0.123 e. The largest absolute Gasteiger partial charge is 0.493 e. The molecule has 0 heterocycles. The van der Waals surface area contributed by atoms with Crippen LogP contribution in [-0.4, -0.2) is 153 Å². The first-order valence-corrected chi connectivity index (χ1v) is 24.0. The standard InChI is InChI=1S/C54H90N4O4/c1-13-55(5,6)33-17-21-37-59-51-41-49(42-52(45-51)60-38-22-18-34-56(7,8)14-2)31-29-47-25-27-48(28-26-47)30-32-50-43-53(61-39-23-19-35-57(9,10)15-3)46-54(44-50)62-40-24-20-36-58(11,12)16-4/h25-32,41-46H,13-24,33-40H2,1-12H3/q+4/b31-29+,32-30+. The van der Waals surface area contributed by atoms with Gasteiger partial charge in [-0.15, -0.1) is 0 Å². The van der Waals surface area contributed by atoms with E-state index in [9.17, 15) is 0 Å². The van der Waals surface area contributed by atoms with Gasteiger partial charge in [-0.1, -0.05) is 48.6 Å². The van der Waals surface area contributed by atoms with Crippen molar-refractivity contribution in [3.05, 3.63) is 82.9 Å². The Labute approximate surface area is 380 Å². The lowest BCUT2D eigenvalue weighted by Crippen LogP contribution is -2.40. The number of quaternary nitrogens is 4. The SMILES string of the molecule is CC[N+](C)(C)CCCCOc1cc(/C=C/c2ccc(/C=C/c3cc(OCCCC[N+](C)(C)CC)cc(OCCCC[N+](C)(C)CC)c3)cc2)cc(OCCCC[N+](C)(C)CC)c1. The Morgan fingerprint density at radius 2 is 0.548 bits per heavy atom. The Morgan fingerprint density at radius 1 is 0.323 bits per heavy atom. The maximum Gasteiger partial charge on any atom is 0.123 e. The van der Waals surface area contributed by atoms with Crippen molar-refractivity contribution in [1.82, 2.24) is 0 Å². The molecule has 0 aliphatic rings. The molecule has 0 aliphatic heterocycles. The Balaban J connectivity index is 1.69. The number of benzene rings is 3. The molecule has 0 fully saturated rings. The molecule has 0 N–H and O–H groups in total. The Morgan fingerprint density at radius 3 is 0.774 bits per heavy atom. The van der Waals surface area contributed by atoms with E-state index in [1.165, 1.54) is 0 Å². The molecular weight excluding hydrogens is 769 g/mol. The number of ether oxygens (including phenoxy) is 4. The molecule has 0 unspecified atom stereocenters. The molecular formula is C54H90N4O4+4. The minimum absolute atomic E-state index is 0.704. The first-order valence-electron chi connectivity index (χ1n) is 24.0. The topological polar surface area (TPSA) is 36.9 Å². The average Bonchev–Trinajstić information content (AvgIpc) is 3.24. The van der Waals surface area contributed by atoms with Gasteiger partial charge in [-0.3, -0.25) is 0 Å². The van der Waals surface area contributed by atoms with Crippen molar-refractivity contribution < 1.29 is 36.9 Å². The van der Waals surface area contributed by atoms with E-state index in [-0.39, 0.29) is 0 Å². The average molecular weight is 859 g/mol. The van der Waals surface area contributed by atoms with Gasteiger partial charge in [0, 0.05) is 12.1 Å². The molecule has 8 nitrogen and oxygen atoms in total. The third-order valence-electron chi connectivity index (χ3n) is 12.8. The second kappa shape index (κ2) is 26.7. The highest BCUT2D eigenvalue weighted by atomic mass is 16.5. The second-order valence-electron chi connectivity index (χ2n) is 19.9. The molecule has 8 heteroatoms. The summed E-state index contributed by atoms with van der Waals surface area (Å²) < 4.78 is 29.4. The summed E-state index contributed by atoms with van der Waals surface area (Å²) in [5.41, 5.74) is 4.42. The van der Waals surface area contributed by atoms with Crippen LogP contribution in [0, 0.1) is 0 Å². The van der Waals surface area contributed by atoms with Crippen molar-refractivity contribution >= 4 is 24.3 Å². The van der Waals surface area contributed by atoms with E-state index in [1.807, 2.05) is 0 Å². The summed E-state index contributed by atoms with van der Waals surface area (Å²) >= 11 is 0. The van der Waals surface area contributed by atoms with Crippen molar-refractivity contribution in [2.75, 3.05) is 135 Å². The first-order chi connectivity index (χ1) is 29.5. The van der Waals surface area contributed by atoms with Crippen molar-refractivity contribution in [3.8, 4) is 23.0 Å². The van der Waals surface area contributed by atoms with E-state index in [0.29, 0.717) is 26.4 Å². The maximum absolute atomic E-state index is 6.31. The number of hydrogen-bond acceptors (Lipinski definition) is 4. The lowest BCUT2D eigenvalue weighted by molar-refractivity contribution is -0.888. The van der Waals surface area contributed by atoms with Crippen molar-refractivity contribution in [2.45, 2.75) is 79.1 Å². The van der Waals surface area contributed by atoms with Gasteiger partial charge in [0.2, 0.25) is 0 Å². The zero-order chi connectivity index (χ0) is 45.5. The van der Waals surface area contributed by atoms with Crippen LogP contribution in [0.5, 0.6) is 23.0 Å². The van der Waals surface area contributed by atoms with Crippen LogP contribution in [0.2, 0.25) is 0 Å². The maximum atomic E-state index is 6.31. The third-order valence-corrected chi connectivity index (χ3v) is 12.8. The fourth-order valence-electron chi connectivity index (χ4n) is 6.78. The molecule has 0 saturated heterocycles. The van der Waals surface area contributed by atoms with Crippen LogP contribution in [0.3, 0.4) is 0 Å². The Bertz CT molecular complexity index is 1550. The van der Waals surface area contributed by atoms with E-state index < -0.39 is 0 Å². The molecule has 62 heavy (non-hydrogen) atoms. The summed E-state index contributed by atoms with van der Waals surface area (Å²) in [5.74, 6) is 3.46. The van der Waals surface area contributed by atoms with Crippen LogP contribution in [0.1, 0.15) is 101 Å². The van der Waals surface area contributed by atoms with E-state index >= 15 is 0 Å². The summed E-state index contributed by atoms with van der Waals surface area (Å²) in [6.07, 6.45) is 17.4. The highest BCUT2D eigenvalue weighted by molar-refractivity contribution is 5.74. The van der Waals surface area contributed by atoms with Gasteiger partial charge in [-0.2, -0.15) is 0 Å². The number of unbranched alkanes of at least 4 members (excludes halogenated alkanes) is 4. The van der Waals surface area contributed by atoms with Crippen LogP contribution < -0.4 is 18.9 Å². The summed E-state index contributed by atoms with van der Waals surface area (Å²) in [6.45, 7) is 21.0. The predicted molar refractivity (Wildman–Crippen MR) is 266 cm³/mol. The molecule has 0 aromatic heterocycles. The second-order valence-corrected chi connectivity index (χ2v) is 19.9. The fraction of sp³-hybridized carbons (Fsp3) is 0.593. The molecule has 0 atom stereocenters. The fourth-order valence-corrected chi connectivity index (χ4v) is 6.78. The summed E-state index contributed by atoms with van der Waals surface area (Å²) in [7, 11) is 18.4. The molecule has 0 spiro atoms. The number of rotatable bonds is 32. The monoisotopic (exact) mass is 859 g/mol. The van der Waals surface area contributed by atoms with Crippen molar-refractivity contribution in [1.29, 1.82) is 0 Å². The van der Waals surface area contributed by atoms with Gasteiger partial charge in [0.1, 0.15) is 23.0 Å². The zero-order valence-electron chi connectivity index (χ0n) is 41.6. The first kappa shape index (κ1) is 52.5. The molecule has 0 aliphatic carbocycles. The number of nitrogens with zero attached hydrogens (tertiary/aromatic N) is 4. The summed E-state index contributed by atoms with van der Waals surface area (Å²) in [4.78, 5) is 0. The van der Waals surface area contributed by atoms with Gasteiger partial charge >= 0.3 is 0 Å². The highest BCUT2D eigenvalue weighted by Crippen LogP contribution is 2.27. The van der Waals surface area contributed by atoms with Gasteiger partial charge in [0.15, 0.2) is 0 Å². The molecule has 3 aromatic rings. The minimum atomic E-state index is 0.704. The van der Waals surface area contributed by atoms with Crippen LogP contribution in [0.25, 0.3) is 24.3 Å². The van der Waals surface area contributed by atoms with E-state index in [2.05, 4.69) is 169 Å². The molecule has 0 saturated carbocycles. The van der Waals surface area contributed by atoms with Crippen LogP contribution in [0.15, 0.2) is 60.7 Å². The minimum Gasteiger partial charge on any atom is -0.493 e. The van der Waals surface area contributed by atoms with Gasteiger partial charge in [0.25, 0.3) is 0 Å².